The highest BCUT2D eigenvalue weighted by Gasteiger charge is 2.22. The number of nitrogens with zero attached hydrogens (tertiary/aromatic N) is 2. The van der Waals surface area contributed by atoms with Gasteiger partial charge in [0, 0.05) is 29.0 Å². The van der Waals surface area contributed by atoms with Gasteiger partial charge in [0.2, 0.25) is 5.91 Å². The summed E-state index contributed by atoms with van der Waals surface area (Å²) in [5, 5.41) is 7.52. The maximum absolute atomic E-state index is 11.8. The van der Waals surface area contributed by atoms with E-state index in [1.807, 2.05) is 44.4 Å². The van der Waals surface area contributed by atoms with Crippen LogP contribution in [0.3, 0.4) is 0 Å². The fourth-order valence-electron chi connectivity index (χ4n) is 2.12. The van der Waals surface area contributed by atoms with Gasteiger partial charge < -0.3 is 11.1 Å². The smallest absolute Gasteiger partial charge is 0.244 e. The zero-order valence-electron chi connectivity index (χ0n) is 11.4. The highest BCUT2D eigenvalue weighted by molar-refractivity contribution is 9.10. The van der Waals surface area contributed by atoms with E-state index in [4.69, 9.17) is 5.73 Å². The second-order valence-electron chi connectivity index (χ2n) is 4.55. The zero-order chi connectivity index (χ0) is 14.7. The molecule has 1 amide bonds. The van der Waals surface area contributed by atoms with E-state index in [1.54, 1.807) is 4.68 Å². The number of benzene rings is 1. The van der Waals surface area contributed by atoms with Crippen molar-refractivity contribution in [2.75, 3.05) is 5.32 Å². The first kappa shape index (κ1) is 14.6. The minimum atomic E-state index is -0.590. The molecule has 2 aromatic rings. The van der Waals surface area contributed by atoms with Crippen LogP contribution in [0, 0.1) is 0 Å². The van der Waals surface area contributed by atoms with E-state index in [1.165, 1.54) is 0 Å². The predicted molar refractivity (Wildman–Crippen MR) is 82.3 cm³/mol. The summed E-state index contributed by atoms with van der Waals surface area (Å²) in [6.45, 7) is 2.00. The van der Waals surface area contributed by atoms with Crippen molar-refractivity contribution in [3.05, 3.63) is 46.2 Å². The van der Waals surface area contributed by atoms with Gasteiger partial charge in [-0.25, -0.2) is 0 Å². The predicted octanol–water partition coefficient (Wildman–Crippen LogP) is 2.38. The number of halogens is 1. The third-order valence-electron chi connectivity index (χ3n) is 3.00. The number of carbonyl (C=O) groups excluding carboxylic acids is 1. The molecule has 20 heavy (non-hydrogen) atoms. The van der Waals surface area contributed by atoms with Gasteiger partial charge in [-0.05, 0) is 24.6 Å². The molecule has 2 rings (SSSR count). The number of nitrogens with two attached hydrogens (primary N) is 1. The topological polar surface area (TPSA) is 72.9 Å². The molecule has 0 radical (unpaired) electrons. The van der Waals surface area contributed by atoms with Crippen LogP contribution in [0.15, 0.2) is 34.9 Å². The summed E-state index contributed by atoms with van der Waals surface area (Å²) in [5.41, 5.74) is 8.06. The van der Waals surface area contributed by atoms with Crippen LogP contribution in [0.5, 0.6) is 0 Å². The molecular weight excluding hydrogens is 320 g/mol. The Morgan fingerprint density at radius 2 is 2.30 bits per heavy atom. The normalized spacial score (nSPS) is 12.2. The highest BCUT2D eigenvalue weighted by Crippen LogP contribution is 2.24. The Bertz CT molecular complexity index is 623. The molecule has 0 saturated heterocycles. The monoisotopic (exact) mass is 336 g/mol. The van der Waals surface area contributed by atoms with Gasteiger partial charge in [0.25, 0.3) is 0 Å². The van der Waals surface area contributed by atoms with E-state index in [-0.39, 0.29) is 0 Å². The van der Waals surface area contributed by atoms with Crippen LogP contribution in [0.1, 0.15) is 24.2 Å². The van der Waals surface area contributed by atoms with Crippen molar-refractivity contribution in [2.24, 2.45) is 12.8 Å². The molecule has 0 fully saturated rings. The van der Waals surface area contributed by atoms with Crippen LogP contribution in [0.2, 0.25) is 0 Å². The van der Waals surface area contributed by atoms with Crippen LogP contribution < -0.4 is 11.1 Å². The van der Waals surface area contributed by atoms with Crippen molar-refractivity contribution < 1.29 is 4.79 Å². The lowest BCUT2D eigenvalue weighted by molar-refractivity contribution is -0.118. The molecule has 3 N–H and O–H groups in total. The molecule has 1 aromatic carbocycles. The van der Waals surface area contributed by atoms with Gasteiger partial charge in [0.1, 0.15) is 6.04 Å². The average Bonchev–Trinajstić information content (AvgIpc) is 2.76. The second-order valence-corrected chi connectivity index (χ2v) is 5.46. The number of hydrogen-bond donors (Lipinski definition) is 2. The van der Waals surface area contributed by atoms with E-state index in [0.717, 1.165) is 27.8 Å². The number of aryl methyl sites for hydroxylation is 2. The van der Waals surface area contributed by atoms with Crippen molar-refractivity contribution in [3.63, 3.8) is 0 Å². The lowest BCUT2D eigenvalue weighted by atomic mass is 10.1. The molecule has 0 spiro atoms. The summed E-state index contributed by atoms with van der Waals surface area (Å²) in [5.74, 6) is -0.423. The highest BCUT2D eigenvalue weighted by atomic mass is 79.9. The summed E-state index contributed by atoms with van der Waals surface area (Å²) in [7, 11) is 1.83. The van der Waals surface area contributed by atoms with Crippen molar-refractivity contribution >= 4 is 27.5 Å². The van der Waals surface area contributed by atoms with E-state index in [0.29, 0.717) is 0 Å². The molecule has 106 valence electrons. The number of aromatic nitrogens is 2. The molecular formula is C14H17BrN4O. The van der Waals surface area contributed by atoms with Crippen LogP contribution in [0.4, 0.5) is 5.69 Å². The van der Waals surface area contributed by atoms with Crippen LogP contribution in [-0.2, 0) is 18.3 Å². The third kappa shape index (κ3) is 3.19. The largest absolute Gasteiger partial charge is 0.370 e. The molecule has 0 bridgehead atoms. The SMILES string of the molecule is CCc1nn(C)cc1C(Nc1cccc(Br)c1)C(N)=O. The van der Waals surface area contributed by atoms with Crippen LogP contribution in [-0.4, -0.2) is 15.7 Å². The number of nitrogens with one attached hydrogen (secondary N) is 1. The Kier molecular flexibility index (Phi) is 4.44. The van der Waals surface area contributed by atoms with Crippen LogP contribution >= 0.6 is 15.9 Å². The van der Waals surface area contributed by atoms with Crippen molar-refractivity contribution in [3.8, 4) is 0 Å². The number of hydrogen-bond acceptors (Lipinski definition) is 3. The molecule has 0 aliphatic heterocycles. The zero-order valence-corrected chi connectivity index (χ0v) is 13.0. The molecule has 0 saturated carbocycles. The van der Waals surface area contributed by atoms with Gasteiger partial charge in [-0.2, -0.15) is 5.10 Å². The molecule has 1 heterocycles. The summed E-state index contributed by atoms with van der Waals surface area (Å²) in [6.07, 6.45) is 2.58. The Morgan fingerprint density at radius 1 is 1.55 bits per heavy atom. The Morgan fingerprint density at radius 3 is 2.90 bits per heavy atom. The molecule has 1 unspecified atom stereocenters. The summed E-state index contributed by atoms with van der Waals surface area (Å²) in [6, 6.07) is 7.02. The minimum absolute atomic E-state index is 0.423. The first-order valence-electron chi connectivity index (χ1n) is 6.35. The van der Waals surface area contributed by atoms with E-state index < -0.39 is 11.9 Å². The molecule has 0 aliphatic carbocycles. The van der Waals surface area contributed by atoms with E-state index >= 15 is 0 Å². The molecule has 1 atom stereocenters. The number of rotatable bonds is 5. The van der Waals surface area contributed by atoms with Gasteiger partial charge in [-0.15, -0.1) is 0 Å². The van der Waals surface area contributed by atoms with Crippen molar-refractivity contribution in [2.45, 2.75) is 19.4 Å². The van der Waals surface area contributed by atoms with Gasteiger partial charge >= 0.3 is 0 Å². The molecule has 6 heteroatoms. The standard InChI is InChI=1S/C14H17BrN4O/c1-3-12-11(8-19(2)18-12)13(14(16)20)17-10-6-4-5-9(15)7-10/h4-8,13,17H,3H2,1-2H3,(H2,16,20). The lowest BCUT2D eigenvalue weighted by Gasteiger charge is -2.16. The Balaban J connectivity index is 2.34. The quantitative estimate of drug-likeness (QED) is 0.880. The first-order valence-corrected chi connectivity index (χ1v) is 7.14. The number of primary amides is 1. The first-order chi connectivity index (χ1) is 9.51. The van der Waals surface area contributed by atoms with Gasteiger partial charge in [-0.3, -0.25) is 9.48 Å². The number of anilines is 1. The van der Waals surface area contributed by atoms with Gasteiger partial charge in [0.15, 0.2) is 0 Å². The number of carbonyl (C=O) groups is 1. The fraction of sp³-hybridized carbons (Fsp3) is 0.286. The average molecular weight is 337 g/mol. The molecule has 5 nitrogen and oxygen atoms in total. The maximum Gasteiger partial charge on any atom is 0.244 e. The fourth-order valence-corrected chi connectivity index (χ4v) is 2.52. The summed E-state index contributed by atoms with van der Waals surface area (Å²) < 4.78 is 2.64. The van der Waals surface area contributed by atoms with E-state index in [9.17, 15) is 4.79 Å². The summed E-state index contributed by atoms with van der Waals surface area (Å²) >= 11 is 3.40. The lowest BCUT2D eigenvalue weighted by Crippen LogP contribution is -2.28. The Hall–Kier alpha value is -1.82. The molecule has 0 aliphatic rings. The number of amides is 1. The van der Waals surface area contributed by atoms with Crippen molar-refractivity contribution in [1.29, 1.82) is 0 Å². The van der Waals surface area contributed by atoms with Crippen LogP contribution in [0.25, 0.3) is 0 Å². The summed E-state index contributed by atoms with van der Waals surface area (Å²) in [4.78, 5) is 11.8. The van der Waals surface area contributed by atoms with Crippen molar-refractivity contribution in [1.82, 2.24) is 9.78 Å². The third-order valence-corrected chi connectivity index (χ3v) is 3.50. The minimum Gasteiger partial charge on any atom is -0.370 e. The van der Waals surface area contributed by atoms with Gasteiger partial charge in [-0.1, -0.05) is 28.9 Å². The van der Waals surface area contributed by atoms with E-state index in [2.05, 4.69) is 26.3 Å². The maximum atomic E-state index is 11.8. The second kappa shape index (κ2) is 6.09. The van der Waals surface area contributed by atoms with Gasteiger partial charge in [0.05, 0.1) is 5.69 Å². The Labute approximate surface area is 126 Å². The molecule has 1 aromatic heterocycles.